The van der Waals surface area contributed by atoms with Crippen molar-refractivity contribution >= 4 is 29.0 Å². The maximum absolute atomic E-state index is 11.4. The second-order valence-corrected chi connectivity index (χ2v) is 4.70. The average Bonchev–Trinajstić information content (AvgIpc) is 2.83. The second-order valence-electron chi connectivity index (χ2n) is 2.97. The quantitative estimate of drug-likeness (QED) is 0.743. The Morgan fingerprint density at radius 3 is 3.14 bits per heavy atom. The first-order chi connectivity index (χ1) is 6.84. The molecule has 3 rings (SSSR count). The van der Waals surface area contributed by atoms with Crippen LogP contribution in [0.2, 0.25) is 0 Å². The number of rotatable bonds is 1. The topological polar surface area (TPSA) is 34.9 Å². The van der Waals surface area contributed by atoms with Crippen molar-refractivity contribution in [1.82, 2.24) is 9.55 Å². The van der Waals surface area contributed by atoms with Gasteiger partial charge in [0.15, 0.2) is 5.16 Å². The number of carbonyl (C=O) groups is 1. The van der Waals surface area contributed by atoms with Crippen molar-refractivity contribution in [2.75, 3.05) is 5.75 Å². The zero-order valence-electron chi connectivity index (χ0n) is 7.14. The van der Waals surface area contributed by atoms with Crippen LogP contribution in [0.4, 0.5) is 0 Å². The van der Waals surface area contributed by atoms with E-state index in [4.69, 9.17) is 0 Å². The minimum atomic E-state index is 0.124. The van der Waals surface area contributed by atoms with Crippen molar-refractivity contribution in [3.63, 3.8) is 0 Å². The molecule has 3 nitrogen and oxygen atoms in total. The fraction of sp³-hybridized carbons (Fsp3) is 0.111. The highest BCUT2D eigenvalue weighted by molar-refractivity contribution is 8.00. The van der Waals surface area contributed by atoms with Crippen LogP contribution in [0.3, 0.4) is 0 Å². The van der Waals surface area contributed by atoms with E-state index in [2.05, 4.69) is 4.98 Å². The van der Waals surface area contributed by atoms with E-state index in [-0.39, 0.29) is 5.91 Å². The number of imidazole rings is 1. The fourth-order valence-corrected chi connectivity index (χ4v) is 2.89. The number of fused-ring (bicyclic) bond motifs is 1. The summed E-state index contributed by atoms with van der Waals surface area (Å²) in [6.45, 7) is 0. The third-order valence-electron chi connectivity index (χ3n) is 2.08. The van der Waals surface area contributed by atoms with E-state index in [1.165, 1.54) is 11.8 Å². The predicted octanol–water partition coefficient (Wildman–Crippen LogP) is 2.36. The number of thiophene rings is 1. The van der Waals surface area contributed by atoms with Crippen molar-refractivity contribution in [1.29, 1.82) is 0 Å². The molecule has 0 bridgehead atoms. The van der Waals surface area contributed by atoms with Gasteiger partial charge in [0.1, 0.15) is 0 Å². The minimum absolute atomic E-state index is 0.124. The van der Waals surface area contributed by atoms with Crippen molar-refractivity contribution < 1.29 is 4.79 Å². The van der Waals surface area contributed by atoms with Gasteiger partial charge < -0.3 is 0 Å². The van der Waals surface area contributed by atoms with Crippen LogP contribution < -0.4 is 0 Å². The summed E-state index contributed by atoms with van der Waals surface area (Å²) in [5.74, 6) is 0.644. The number of nitrogens with zero attached hydrogens (tertiary/aromatic N) is 2. The molecule has 0 spiro atoms. The number of hydrogen-bond donors (Lipinski definition) is 0. The Balaban J connectivity index is 2.11. The van der Waals surface area contributed by atoms with Crippen LogP contribution in [0, 0.1) is 0 Å². The second kappa shape index (κ2) is 2.96. The molecule has 2 aromatic rings. The van der Waals surface area contributed by atoms with Crippen LogP contribution >= 0.6 is 23.1 Å². The normalized spacial score (nSPS) is 14.7. The molecule has 0 fully saturated rings. The van der Waals surface area contributed by atoms with Gasteiger partial charge in [0, 0.05) is 17.1 Å². The molecule has 0 saturated carbocycles. The summed E-state index contributed by atoms with van der Waals surface area (Å²) >= 11 is 3.13. The average molecular weight is 222 g/mol. The van der Waals surface area contributed by atoms with Gasteiger partial charge in [-0.3, -0.25) is 9.36 Å². The minimum Gasteiger partial charge on any atom is -0.273 e. The first kappa shape index (κ1) is 8.26. The van der Waals surface area contributed by atoms with E-state index in [1.54, 1.807) is 15.9 Å². The smallest absolute Gasteiger partial charge is 0.243 e. The number of hydrogen-bond acceptors (Lipinski definition) is 4. The standard InChI is InChI=1S/C9H6N2OS2/c12-8-5-14-9-10-7(3-11(8)9)6-1-2-13-4-6/h1-4H,5H2. The Morgan fingerprint density at radius 2 is 2.43 bits per heavy atom. The van der Waals surface area contributed by atoms with Crippen LogP contribution in [0.5, 0.6) is 0 Å². The Bertz CT molecular complexity index is 487. The molecule has 70 valence electrons. The largest absolute Gasteiger partial charge is 0.273 e. The Kier molecular flexibility index (Phi) is 1.75. The summed E-state index contributed by atoms with van der Waals surface area (Å²) in [7, 11) is 0. The summed E-state index contributed by atoms with van der Waals surface area (Å²) in [4.78, 5) is 15.7. The van der Waals surface area contributed by atoms with Gasteiger partial charge in [-0.1, -0.05) is 11.8 Å². The molecule has 0 atom stereocenters. The van der Waals surface area contributed by atoms with Crippen LogP contribution in [0.25, 0.3) is 11.3 Å². The lowest BCUT2D eigenvalue weighted by molar-refractivity contribution is 0.0939. The third kappa shape index (κ3) is 1.13. The van der Waals surface area contributed by atoms with Gasteiger partial charge >= 0.3 is 0 Å². The maximum atomic E-state index is 11.4. The van der Waals surface area contributed by atoms with E-state index in [1.807, 2.05) is 23.0 Å². The van der Waals surface area contributed by atoms with Gasteiger partial charge in [-0.15, -0.1) is 0 Å². The molecule has 0 N–H and O–H groups in total. The number of aromatic nitrogens is 2. The van der Waals surface area contributed by atoms with Gasteiger partial charge in [-0.05, 0) is 11.4 Å². The van der Waals surface area contributed by atoms with Gasteiger partial charge in [0.05, 0.1) is 11.4 Å². The van der Waals surface area contributed by atoms with Crippen molar-refractivity contribution in [2.45, 2.75) is 5.16 Å². The molecule has 0 amide bonds. The van der Waals surface area contributed by atoms with Gasteiger partial charge in [0.2, 0.25) is 5.91 Å². The van der Waals surface area contributed by atoms with Crippen molar-refractivity contribution in [3.8, 4) is 11.3 Å². The summed E-state index contributed by atoms with van der Waals surface area (Å²) in [6, 6.07) is 2.01. The molecule has 0 unspecified atom stereocenters. The molecule has 1 aliphatic rings. The molecule has 1 aliphatic heterocycles. The zero-order chi connectivity index (χ0) is 9.54. The molecule has 5 heteroatoms. The number of thioether (sulfide) groups is 1. The third-order valence-corrected chi connectivity index (χ3v) is 3.70. The summed E-state index contributed by atoms with van der Waals surface area (Å²) in [5.41, 5.74) is 1.98. The Morgan fingerprint density at radius 1 is 1.50 bits per heavy atom. The summed E-state index contributed by atoms with van der Waals surface area (Å²) < 4.78 is 1.64. The zero-order valence-corrected chi connectivity index (χ0v) is 8.77. The van der Waals surface area contributed by atoms with E-state index in [0.29, 0.717) is 5.75 Å². The predicted molar refractivity (Wildman–Crippen MR) is 56.9 cm³/mol. The van der Waals surface area contributed by atoms with Crippen molar-refractivity contribution in [3.05, 3.63) is 23.0 Å². The molecule has 14 heavy (non-hydrogen) atoms. The Labute approximate surface area is 88.8 Å². The first-order valence-electron chi connectivity index (χ1n) is 4.12. The van der Waals surface area contributed by atoms with E-state index in [0.717, 1.165) is 16.4 Å². The van der Waals surface area contributed by atoms with Crippen molar-refractivity contribution in [2.24, 2.45) is 0 Å². The van der Waals surface area contributed by atoms with Gasteiger partial charge in [-0.2, -0.15) is 11.3 Å². The summed E-state index contributed by atoms with van der Waals surface area (Å²) in [6.07, 6.45) is 1.82. The lowest BCUT2D eigenvalue weighted by atomic mass is 10.3. The van der Waals surface area contributed by atoms with E-state index in [9.17, 15) is 4.79 Å². The SMILES string of the molecule is O=C1CSc2nc(-c3ccsc3)cn21. The Hall–Kier alpha value is -1.07. The van der Waals surface area contributed by atoms with E-state index < -0.39 is 0 Å². The van der Waals surface area contributed by atoms with Crippen LogP contribution in [0.15, 0.2) is 28.2 Å². The van der Waals surface area contributed by atoms with Crippen LogP contribution in [-0.4, -0.2) is 21.2 Å². The van der Waals surface area contributed by atoms with Crippen LogP contribution in [0.1, 0.15) is 4.79 Å². The first-order valence-corrected chi connectivity index (χ1v) is 6.05. The van der Waals surface area contributed by atoms with E-state index >= 15 is 0 Å². The molecular formula is C9H6N2OS2. The molecule has 0 aliphatic carbocycles. The molecule has 3 heterocycles. The molecule has 0 radical (unpaired) electrons. The highest BCUT2D eigenvalue weighted by Gasteiger charge is 2.22. The highest BCUT2D eigenvalue weighted by atomic mass is 32.2. The monoisotopic (exact) mass is 222 g/mol. The fourth-order valence-electron chi connectivity index (χ4n) is 1.39. The highest BCUT2D eigenvalue weighted by Crippen LogP contribution is 2.29. The molecular weight excluding hydrogens is 216 g/mol. The van der Waals surface area contributed by atoms with Gasteiger partial charge in [0.25, 0.3) is 0 Å². The maximum Gasteiger partial charge on any atom is 0.243 e. The van der Waals surface area contributed by atoms with Crippen LogP contribution in [-0.2, 0) is 0 Å². The molecule has 0 aromatic carbocycles. The number of carbonyl (C=O) groups excluding carboxylic acids is 1. The summed E-state index contributed by atoms with van der Waals surface area (Å²) in [5, 5.41) is 4.86. The lowest BCUT2D eigenvalue weighted by Gasteiger charge is -1.89. The molecule has 2 aromatic heterocycles. The lowest BCUT2D eigenvalue weighted by Crippen LogP contribution is -2.04. The van der Waals surface area contributed by atoms with Gasteiger partial charge in [-0.25, -0.2) is 4.98 Å². The molecule has 0 saturated heterocycles.